The first kappa shape index (κ1) is 12.9. The summed E-state index contributed by atoms with van der Waals surface area (Å²) in [4.78, 5) is 0. The van der Waals surface area contributed by atoms with Crippen LogP contribution in [0.3, 0.4) is 0 Å². The molecule has 0 aliphatic carbocycles. The van der Waals surface area contributed by atoms with Crippen LogP contribution in [-0.4, -0.2) is 33.7 Å². The highest BCUT2D eigenvalue weighted by Crippen LogP contribution is 2.24. The van der Waals surface area contributed by atoms with Gasteiger partial charge in [-0.1, -0.05) is 11.6 Å². The number of nitrogens with zero attached hydrogens (tertiary/aromatic N) is 2. The third-order valence-corrected chi connectivity index (χ3v) is 3.74. The van der Waals surface area contributed by atoms with E-state index in [1.54, 1.807) is 0 Å². The van der Waals surface area contributed by atoms with Gasteiger partial charge in [0.2, 0.25) is 0 Å². The molecule has 2 unspecified atom stereocenters. The fraction of sp³-hybridized carbons (Fsp3) is 0.750. The largest absolute Gasteiger partial charge is 0.390 e. The first-order valence-corrected chi connectivity index (χ1v) is 6.52. The van der Waals surface area contributed by atoms with E-state index in [1.165, 1.54) is 0 Å². The molecule has 2 heterocycles. The van der Waals surface area contributed by atoms with E-state index in [2.05, 4.69) is 5.10 Å². The number of aliphatic hydroxyl groups excluding tert-OH is 1. The van der Waals surface area contributed by atoms with E-state index < -0.39 is 6.10 Å². The minimum atomic E-state index is -0.489. The van der Waals surface area contributed by atoms with Gasteiger partial charge in [-0.05, 0) is 26.7 Å². The van der Waals surface area contributed by atoms with E-state index in [1.807, 2.05) is 18.5 Å². The van der Waals surface area contributed by atoms with E-state index in [0.717, 1.165) is 37.4 Å². The van der Waals surface area contributed by atoms with Crippen LogP contribution in [0.25, 0.3) is 0 Å². The molecule has 0 aromatic carbocycles. The molecule has 4 nitrogen and oxygen atoms in total. The normalized spacial score (nSPS) is 22.0. The quantitative estimate of drug-likeness (QED) is 0.898. The Balaban J connectivity index is 2.11. The van der Waals surface area contributed by atoms with Crippen LogP contribution in [0.4, 0.5) is 0 Å². The van der Waals surface area contributed by atoms with Gasteiger partial charge in [0.05, 0.1) is 28.6 Å². The van der Waals surface area contributed by atoms with E-state index in [4.69, 9.17) is 16.3 Å². The summed E-state index contributed by atoms with van der Waals surface area (Å²) in [6, 6.07) is 0. The van der Waals surface area contributed by atoms with E-state index in [0.29, 0.717) is 11.4 Å². The van der Waals surface area contributed by atoms with Crippen LogP contribution in [0.1, 0.15) is 31.2 Å². The van der Waals surface area contributed by atoms with Gasteiger partial charge in [-0.25, -0.2) is 0 Å². The molecule has 1 fully saturated rings. The van der Waals surface area contributed by atoms with Crippen molar-refractivity contribution in [3.05, 3.63) is 16.4 Å². The van der Waals surface area contributed by atoms with Crippen molar-refractivity contribution < 1.29 is 9.84 Å². The van der Waals surface area contributed by atoms with Crippen LogP contribution < -0.4 is 0 Å². The molecule has 1 aromatic heterocycles. The monoisotopic (exact) mass is 258 g/mol. The second-order valence-corrected chi connectivity index (χ2v) is 4.86. The zero-order valence-electron chi connectivity index (χ0n) is 10.3. The number of halogens is 1. The molecule has 5 heteroatoms. The average molecular weight is 259 g/mol. The van der Waals surface area contributed by atoms with Crippen molar-refractivity contribution in [2.45, 2.75) is 51.9 Å². The smallest absolute Gasteiger partial charge is 0.0857 e. The van der Waals surface area contributed by atoms with Crippen LogP contribution >= 0.6 is 11.6 Å². The summed E-state index contributed by atoms with van der Waals surface area (Å²) in [5, 5.41) is 15.1. The lowest BCUT2D eigenvalue weighted by molar-refractivity contribution is -0.00166. The van der Waals surface area contributed by atoms with Gasteiger partial charge in [0.15, 0.2) is 0 Å². The SMILES string of the molecule is CCn1nc(C)c(Cl)c1CC(O)C1CCCO1. The Labute approximate surface area is 107 Å². The molecule has 1 aliphatic rings. The fourth-order valence-electron chi connectivity index (χ4n) is 2.30. The molecule has 2 atom stereocenters. The molecular formula is C12H19ClN2O2. The Kier molecular flexibility index (Phi) is 4.07. The number of aryl methyl sites for hydroxylation is 2. The van der Waals surface area contributed by atoms with E-state index in [-0.39, 0.29) is 6.10 Å². The molecule has 0 spiro atoms. The Morgan fingerprint density at radius 3 is 3.00 bits per heavy atom. The maximum atomic E-state index is 10.1. The van der Waals surface area contributed by atoms with E-state index >= 15 is 0 Å². The Bertz CT molecular complexity index is 386. The first-order chi connectivity index (χ1) is 8.13. The minimum absolute atomic E-state index is 0.0495. The number of aromatic nitrogens is 2. The summed E-state index contributed by atoms with van der Waals surface area (Å²) in [7, 11) is 0. The van der Waals surface area contributed by atoms with Crippen molar-refractivity contribution in [3.8, 4) is 0 Å². The molecule has 1 aliphatic heterocycles. The summed E-state index contributed by atoms with van der Waals surface area (Å²) >= 11 is 6.21. The van der Waals surface area contributed by atoms with Crippen molar-refractivity contribution >= 4 is 11.6 Å². The number of rotatable bonds is 4. The Hall–Kier alpha value is -0.580. The lowest BCUT2D eigenvalue weighted by Crippen LogP contribution is -2.28. The number of hydrogen-bond acceptors (Lipinski definition) is 3. The highest BCUT2D eigenvalue weighted by atomic mass is 35.5. The van der Waals surface area contributed by atoms with Crippen molar-refractivity contribution in [2.75, 3.05) is 6.61 Å². The van der Waals surface area contributed by atoms with Crippen LogP contribution in [0.15, 0.2) is 0 Å². The molecular weight excluding hydrogens is 240 g/mol. The summed E-state index contributed by atoms with van der Waals surface area (Å²) < 4.78 is 7.34. The topological polar surface area (TPSA) is 47.3 Å². The van der Waals surface area contributed by atoms with Crippen LogP contribution in [0.2, 0.25) is 5.02 Å². The zero-order chi connectivity index (χ0) is 12.4. The lowest BCUT2D eigenvalue weighted by Gasteiger charge is -2.17. The second-order valence-electron chi connectivity index (χ2n) is 4.48. The molecule has 0 amide bonds. The van der Waals surface area contributed by atoms with Crippen molar-refractivity contribution in [3.63, 3.8) is 0 Å². The van der Waals surface area contributed by atoms with Crippen LogP contribution in [0.5, 0.6) is 0 Å². The standard InChI is InChI=1S/C12H19ClN2O2/c1-3-15-9(12(13)8(2)14-15)7-10(16)11-5-4-6-17-11/h10-11,16H,3-7H2,1-2H3. The molecule has 1 N–H and O–H groups in total. The Morgan fingerprint density at radius 1 is 1.65 bits per heavy atom. The summed E-state index contributed by atoms with van der Waals surface area (Å²) in [5.74, 6) is 0. The predicted molar refractivity (Wildman–Crippen MR) is 66.3 cm³/mol. The molecule has 0 saturated carbocycles. The van der Waals surface area contributed by atoms with Gasteiger partial charge in [0.1, 0.15) is 0 Å². The first-order valence-electron chi connectivity index (χ1n) is 6.15. The third kappa shape index (κ3) is 2.64. The van der Waals surface area contributed by atoms with Gasteiger partial charge in [-0.15, -0.1) is 0 Å². The molecule has 2 rings (SSSR count). The highest BCUT2D eigenvalue weighted by Gasteiger charge is 2.26. The lowest BCUT2D eigenvalue weighted by atomic mass is 10.1. The second kappa shape index (κ2) is 5.38. The molecule has 96 valence electrons. The maximum Gasteiger partial charge on any atom is 0.0857 e. The van der Waals surface area contributed by atoms with Gasteiger partial charge >= 0.3 is 0 Å². The molecule has 1 saturated heterocycles. The highest BCUT2D eigenvalue weighted by molar-refractivity contribution is 6.31. The van der Waals surface area contributed by atoms with Gasteiger partial charge < -0.3 is 9.84 Å². The van der Waals surface area contributed by atoms with Gasteiger partial charge in [0.25, 0.3) is 0 Å². The van der Waals surface area contributed by atoms with Crippen molar-refractivity contribution in [1.82, 2.24) is 9.78 Å². The van der Waals surface area contributed by atoms with Gasteiger partial charge in [-0.2, -0.15) is 5.10 Å². The maximum absolute atomic E-state index is 10.1. The molecule has 17 heavy (non-hydrogen) atoms. The van der Waals surface area contributed by atoms with Gasteiger partial charge in [0, 0.05) is 19.6 Å². The van der Waals surface area contributed by atoms with Crippen molar-refractivity contribution in [1.29, 1.82) is 0 Å². The summed E-state index contributed by atoms with van der Waals surface area (Å²) in [5.41, 5.74) is 1.73. The summed E-state index contributed by atoms with van der Waals surface area (Å²) in [6.07, 6.45) is 1.93. The number of aliphatic hydroxyl groups is 1. The molecule has 0 bridgehead atoms. The predicted octanol–water partition coefficient (Wildman–Crippen LogP) is 1.95. The van der Waals surface area contributed by atoms with Crippen LogP contribution in [-0.2, 0) is 17.7 Å². The Morgan fingerprint density at radius 2 is 2.41 bits per heavy atom. The third-order valence-electron chi connectivity index (χ3n) is 3.25. The van der Waals surface area contributed by atoms with E-state index in [9.17, 15) is 5.11 Å². The minimum Gasteiger partial charge on any atom is -0.390 e. The molecule has 1 aromatic rings. The summed E-state index contributed by atoms with van der Waals surface area (Å²) in [6.45, 7) is 5.42. The number of hydrogen-bond donors (Lipinski definition) is 1. The zero-order valence-corrected chi connectivity index (χ0v) is 11.1. The van der Waals surface area contributed by atoms with Crippen LogP contribution in [0, 0.1) is 6.92 Å². The molecule has 0 radical (unpaired) electrons. The van der Waals surface area contributed by atoms with Crippen molar-refractivity contribution in [2.24, 2.45) is 0 Å². The average Bonchev–Trinajstić information content (AvgIpc) is 2.92. The number of ether oxygens (including phenoxy) is 1. The fourth-order valence-corrected chi connectivity index (χ4v) is 2.51. The van der Waals surface area contributed by atoms with Gasteiger partial charge in [-0.3, -0.25) is 4.68 Å².